The Labute approximate surface area is 151 Å². The summed E-state index contributed by atoms with van der Waals surface area (Å²) in [4.78, 5) is 24.3. The lowest BCUT2D eigenvalue weighted by Gasteiger charge is -2.08. The van der Waals surface area contributed by atoms with Crippen LogP contribution in [-0.2, 0) is 6.42 Å². The molecule has 2 aromatic carbocycles. The normalized spacial score (nSPS) is 10.3. The molecule has 0 aliphatic rings. The Balaban J connectivity index is 1.65. The number of hydrogen-bond acceptors (Lipinski definition) is 4. The monoisotopic (exact) mass is 349 g/mol. The molecule has 0 saturated heterocycles. The molecule has 3 rings (SSSR count). The number of carbonyl (C=O) groups excluding carboxylic acids is 1. The Morgan fingerprint density at radius 3 is 2.46 bits per heavy atom. The van der Waals surface area contributed by atoms with Crippen LogP contribution in [0, 0.1) is 0 Å². The van der Waals surface area contributed by atoms with Crippen molar-refractivity contribution in [3.8, 4) is 11.4 Å². The van der Waals surface area contributed by atoms with Gasteiger partial charge in [-0.2, -0.15) is 9.78 Å². The van der Waals surface area contributed by atoms with Gasteiger partial charge in [0.15, 0.2) is 0 Å². The van der Waals surface area contributed by atoms with Crippen molar-refractivity contribution in [3.63, 3.8) is 0 Å². The zero-order chi connectivity index (χ0) is 18.4. The minimum atomic E-state index is -0.316. The molecule has 1 heterocycles. The third kappa shape index (κ3) is 4.16. The van der Waals surface area contributed by atoms with Gasteiger partial charge in [-0.15, -0.1) is 0 Å². The standard InChI is InChI=1S/C20H19N3O3/c1-26-17-9-7-15(8-10-17)13-14-21-20(25)18-11-12-19(24)23(22-18)16-5-3-2-4-6-16/h2-12H,13-14H2,1H3,(H,21,25). The zero-order valence-corrected chi connectivity index (χ0v) is 14.4. The lowest BCUT2D eigenvalue weighted by molar-refractivity contribution is 0.0947. The van der Waals surface area contributed by atoms with Gasteiger partial charge in [0.25, 0.3) is 11.5 Å². The molecule has 0 atom stereocenters. The van der Waals surface area contributed by atoms with Crippen molar-refractivity contribution in [1.82, 2.24) is 15.1 Å². The average Bonchev–Trinajstić information content (AvgIpc) is 2.69. The summed E-state index contributed by atoms with van der Waals surface area (Å²) in [6, 6.07) is 19.5. The van der Waals surface area contributed by atoms with E-state index in [4.69, 9.17) is 4.74 Å². The molecular formula is C20H19N3O3. The number of nitrogens with zero attached hydrogens (tertiary/aromatic N) is 2. The highest BCUT2D eigenvalue weighted by Gasteiger charge is 2.10. The van der Waals surface area contributed by atoms with Crippen LogP contribution >= 0.6 is 0 Å². The van der Waals surface area contributed by atoms with Gasteiger partial charge in [0, 0.05) is 12.6 Å². The molecule has 0 fully saturated rings. The molecule has 3 aromatic rings. The maximum atomic E-state index is 12.3. The van der Waals surface area contributed by atoms with Gasteiger partial charge in [0.05, 0.1) is 12.8 Å². The van der Waals surface area contributed by atoms with Crippen LogP contribution in [0.5, 0.6) is 5.75 Å². The van der Waals surface area contributed by atoms with Crippen molar-refractivity contribution in [2.75, 3.05) is 13.7 Å². The van der Waals surface area contributed by atoms with Crippen LogP contribution in [0.2, 0.25) is 0 Å². The molecule has 0 radical (unpaired) electrons. The second-order valence-electron chi connectivity index (χ2n) is 5.66. The van der Waals surface area contributed by atoms with Crippen molar-refractivity contribution in [2.45, 2.75) is 6.42 Å². The summed E-state index contributed by atoms with van der Waals surface area (Å²) in [6.07, 6.45) is 0.689. The van der Waals surface area contributed by atoms with Crippen molar-refractivity contribution >= 4 is 5.91 Å². The van der Waals surface area contributed by atoms with E-state index in [-0.39, 0.29) is 17.2 Å². The van der Waals surface area contributed by atoms with E-state index in [0.717, 1.165) is 11.3 Å². The number of nitrogens with one attached hydrogen (secondary N) is 1. The molecule has 1 aromatic heterocycles. The van der Waals surface area contributed by atoms with Gasteiger partial charge in [-0.1, -0.05) is 30.3 Å². The molecule has 0 aliphatic carbocycles. The molecule has 0 saturated carbocycles. The van der Waals surface area contributed by atoms with E-state index in [9.17, 15) is 9.59 Å². The van der Waals surface area contributed by atoms with Gasteiger partial charge in [-0.05, 0) is 42.3 Å². The number of amides is 1. The van der Waals surface area contributed by atoms with E-state index < -0.39 is 0 Å². The number of carbonyl (C=O) groups is 1. The predicted octanol–water partition coefficient (Wildman–Crippen LogP) is 2.21. The Hall–Kier alpha value is -3.41. The third-order valence-corrected chi connectivity index (χ3v) is 3.89. The predicted molar refractivity (Wildman–Crippen MR) is 98.9 cm³/mol. The number of rotatable bonds is 6. The fraction of sp³-hybridized carbons (Fsp3) is 0.150. The van der Waals surface area contributed by atoms with Crippen molar-refractivity contribution in [3.05, 3.63) is 88.3 Å². The topological polar surface area (TPSA) is 73.2 Å². The maximum absolute atomic E-state index is 12.3. The van der Waals surface area contributed by atoms with E-state index in [0.29, 0.717) is 18.7 Å². The first-order valence-corrected chi connectivity index (χ1v) is 8.24. The van der Waals surface area contributed by atoms with E-state index in [1.54, 1.807) is 19.2 Å². The number of benzene rings is 2. The Morgan fingerprint density at radius 2 is 1.77 bits per heavy atom. The molecule has 0 bridgehead atoms. The molecular weight excluding hydrogens is 330 g/mol. The second-order valence-corrected chi connectivity index (χ2v) is 5.66. The summed E-state index contributed by atoms with van der Waals surface area (Å²) in [5, 5.41) is 6.99. The fourth-order valence-corrected chi connectivity index (χ4v) is 2.49. The first-order chi connectivity index (χ1) is 12.7. The van der Waals surface area contributed by atoms with Crippen LogP contribution in [0.15, 0.2) is 71.5 Å². The highest BCUT2D eigenvalue weighted by molar-refractivity contribution is 5.92. The first-order valence-electron chi connectivity index (χ1n) is 8.24. The van der Waals surface area contributed by atoms with Gasteiger partial charge in [-0.3, -0.25) is 9.59 Å². The lowest BCUT2D eigenvalue weighted by atomic mass is 10.1. The summed E-state index contributed by atoms with van der Waals surface area (Å²) in [5.41, 5.74) is 1.62. The molecule has 0 unspecified atom stereocenters. The van der Waals surface area contributed by atoms with Crippen LogP contribution in [0.4, 0.5) is 0 Å². The lowest BCUT2D eigenvalue weighted by Crippen LogP contribution is -2.30. The zero-order valence-electron chi connectivity index (χ0n) is 14.4. The molecule has 132 valence electrons. The molecule has 0 aliphatic heterocycles. The molecule has 6 heteroatoms. The quantitative estimate of drug-likeness (QED) is 0.740. The summed E-state index contributed by atoms with van der Waals surface area (Å²) in [5.74, 6) is 0.480. The summed E-state index contributed by atoms with van der Waals surface area (Å²) < 4.78 is 6.34. The van der Waals surface area contributed by atoms with Gasteiger partial charge in [0.1, 0.15) is 11.4 Å². The summed E-state index contributed by atoms with van der Waals surface area (Å²) in [6.45, 7) is 0.470. The number of hydrogen-bond donors (Lipinski definition) is 1. The average molecular weight is 349 g/mol. The Morgan fingerprint density at radius 1 is 1.04 bits per heavy atom. The van der Waals surface area contributed by atoms with E-state index in [2.05, 4.69) is 10.4 Å². The SMILES string of the molecule is COc1ccc(CCNC(=O)c2ccc(=O)n(-c3ccccc3)n2)cc1. The number of para-hydroxylation sites is 1. The smallest absolute Gasteiger partial charge is 0.271 e. The van der Waals surface area contributed by atoms with Crippen molar-refractivity contribution in [1.29, 1.82) is 0 Å². The highest BCUT2D eigenvalue weighted by atomic mass is 16.5. The maximum Gasteiger partial charge on any atom is 0.271 e. The van der Waals surface area contributed by atoms with Crippen LogP contribution in [0.1, 0.15) is 16.1 Å². The van der Waals surface area contributed by atoms with Crippen molar-refractivity contribution < 1.29 is 9.53 Å². The van der Waals surface area contributed by atoms with E-state index in [1.807, 2.05) is 42.5 Å². The van der Waals surface area contributed by atoms with Gasteiger partial charge in [-0.25, -0.2) is 0 Å². The molecule has 1 N–H and O–H groups in total. The Kier molecular flexibility index (Phi) is 5.43. The molecule has 0 spiro atoms. The van der Waals surface area contributed by atoms with Crippen LogP contribution in [0.25, 0.3) is 5.69 Å². The fourth-order valence-electron chi connectivity index (χ4n) is 2.49. The largest absolute Gasteiger partial charge is 0.497 e. The molecule has 26 heavy (non-hydrogen) atoms. The van der Waals surface area contributed by atoms with E-state index in [1.165, 1.54) is 16.8 Å². The minimum Gasteiger partial charge on any atom is -0.497 e. The van der Waals surface area contributed by atoms with Gasteiger partial charge < -0.3 is 10.1 Å². The Bertz CT molecular complexity index is 935. The number of ether oxygens (including phenoxy) is 1. The van der Waals surface area contributed by atoms with Crippen molar-refractivity contribution in [2.24, 2.45) is 0 Å². The van der Waals surface area contributed by atoms with Gasteiger partial charge in [0.2, 0.25) is 0 Å². The summed E-state index contributed by atoms with van der Waals surface area (Å²) in [7, 11) is 1.62. The van der Waals surface area contributed by atoms with E-state index >= 15 is 0 Å². The minimum absolute atomic E-state index is 0.197. The van der Waals surface area contributed by atoms with Gasteiger partial charge >= 0.3 is 0 Å². The molecule has 1 amide bonds. The third-order valence-electron chi connectivity index (χ3n) is 3.89. The first kappa shape index (κ1) is 17.4. The van der Waals surface area contributed by atoms with Crippen LogP contribution in [-0.4, -0.2) is 29.3 Å². The summed E-state index contributed by atoms with van der Waals surface area (Å²) >= 11 is 0. The molecule has 6 nitrogen and oxygen atoms in total. The number of aromatic nitrogens is 2. The van der Waals surface area contributed by atoms with Crippen LogP contribution in [0.3, 0.4) is 0 Å². The van der Waals surface area contributed by atoms with Crippen LogP contribution < -0.4 is 15.6 Å². The number of methoxy groups -OCH3 is 1. The highest BCUT2D eigenvalue weighted by Crippen LogP contribution is 2.11. The second kappa shape index (κ2) is 8.11.